The second kappa shape index (κ2) is 9.34. The Balaban J connectivity index is 1.33. The minimum Gasteiger partial charge on any atom is -0.362 e. The molecule has 0 saturated heterocycles. The van der Waals surface area contributed by atoms with Crippen LogP contribution in [0, 0.1) is 15.9 Å². The van der Waals surface area contributed by atoms with Crippen LogP contribution in [0.5, 0.6) is 0 Å². The molecule has 2 heterocycles. The lowest BCUT2D eigenvalue weighted by molar-refractivity contribution is -0.384. The number of nitro groups is 1. The van der Waals surface area contributed by atoms with Crippen molar-refractivity contribution in [3.8, 4) is 11.4 Å². The summed E-state index contributed by atoms with van der Waals surface area (Å²) in [5.41, 5.74) is 3.66. The van der Waals surface area contributed by atoms with Crippen molar-refractivity contribution in [1.82, 2.24) is 10.1 Å². The van der Waals surface area contributed by atoms with Crippen molar-refractivity contribution in [3.63, 3.8) is 0 Å². The third-order valence-electron chi connectivity index (χ3n) is 5.83. The maximum Gasteiger partial charge on any atom is 0.269 e. The van der Waals surface area contributed by atoms with Crippen LogP contribution in [0.15, 0.2) is 71.3 Å². The van der Waals surface area contributed by atoms with Crippen LogP contribution >= 0.6 is 0 Å². The average molecular weight is 473 g/mol. The summed E-state index contributed by atoms with van der Waals surface area (Å²) < 4.78 is 18.6. The standard InChI is InChI=1S/C25H20FN5O4/c26-18-10-6-17(7-11-18)25(32)27-21-4-1-5-22-20(21)3-2-14-30(22)15-23-28-24(29-35-23)16-8-12-19(13-9-16)31(33)34/h1,4-13H,2-3,14-15H2,(H,27,32). The molecule has 10 heteroatoms. The number of amides is 1. The van der Waals surface area contributed by atoms with Gasteiger partial charge >= 0.3 is 0 Å². The Hall–Kier alpha value is -4.60. The van der Waals surface area contributed by atoms with E-state index in [1.54, 1.807) is 12.1 Å². The highest BCUT2D eigenvalue weighted by molar-refractivity contribution is 6.05. The van der Waals surface area contributed by atoms with Crippen molar-refractivity contribution in [3.05, 3.63) is 99.7 Å². The van der Waals surface area contributed by atoms with E-state index in [4.69, 9.17) is 4.52 Å². The van der Waals surface area contributed by atoms with Gasteiger partial charge in [-0.15, -0.1) is 0 Å². The van der Waals surface area contributed by atoms with Gasteiger partial charge in [0.05, 0.1) is 11.5 Å². The van der Waals surface area contributed by atoms with Gasteiger partial charge in [0.1, 0.15) is 5.82 Å². The van der Waals surface area contributed by atoms with Gasteiger partial charge in [-0.25, -0.2) is 4.39 Å². The lowest BCUT2D eigenvalue weighted by atomic mass is 9.99. The molecular weight excluding hydrogens is 453 g/mol. The van der Waals surface area contributed by atoms with Crippen LogP contribution < -0.4 is 10.2 Å². The van der Waals surface area contributed by atoms with E-state index in [0.29, 0.717) is 35.1 Å². The number of nitrogens with zero attached hydrogens (tertiary/aromatic N) is 4. The summed E-state index contributed by atoms with van der Waals surface area (Å²) >= 11 is 0. The van der Waals surface area contributed by atoms with Crippen molar-refractivity contribution in [1.29, 1.82) is 0 Å². The number of benzene rings is 3. The second-order valence-corrected chi connectivity index (χ2v) is 8.11. The summed E-state index contributed by atoms with van der Waals surface area (Å²) in [5.74, 6) is 0.0617. The Morgan fingerprint density at radius 1 is 1.11 bits per heavy atom. The molecule has 0 radical (unpaired) electrons. The van der Waals surface area contributed by atoms with E-state index in [-0.39, 0.29) is 11.6 Å². The van der Waals surface area contributed by atoms with Crippen LogP contribution in [-0.4, -0.2) is 27.5 Å². The molecule has 5 rings (SSSR count). The normalized spacial score (nSPS) is 12.8. The van der Waals surface area contributed by atoms with Crippen LogP contribution in [0.3, 0.4) is 0 Å². The van der Waals surface area contributed by atoms with Gasteiger partial charge in [0, 0.05) is 41.2 Å². The largest absolute Gasteiger partial charge is 0.362 e. The lowest BCUT2D eigenvalue weighted by Crippen LogP contribution is -2.29. The number of aromatic nitrogens is 2. The molecule has 0 bridgehead atoms. The topological polar surface area (TPSA) is 114 Å². The maximum atomic E-state index is 13.2. The Bertz CT molecular complexity index is 1390. The number of nitro benzene ring substituents is 1. The lowest BCUT2D eigenvalue weighted by Gasteiger charge is -2.31. The molecule has 1 N–H and O–H groups in total. The third-order valence-corrected chi connectivity index (χ3v) is 5.83. The van der Waals surface area contributed by atoms with Crippen molar-refractivity contribution in [2.24, 2.45) is 0 Å². The Morgan fingerprint density at radius 2 is 1.89 bits per heavy atom. The molecule has 0 saturated carbocycles. The van der Waals surface area contributed by atoms with Crippen molar-refractivity contribution in [2.45, 2.75) is 19.4 Å². The van der Waals surface area contributed by atoms with E-state index < -0.39 is 10.7 Å². The quantitative estimate of drug-likeness (QED) is 0.310. The molecule has 1 aliphatic rings. The first-order valence-electron chi connectivity index (χ1n) is 11.0. The molecule has 0 fully saturated rings. The molecule has 0 unspecified atom stereocenters. The molecule has 0 spiro atoms. The summed E-state index contributed by atoms with van der Waals surface area (Å²) in [6, 6.07) is 17.1. The number of anilines is 2. The zero-order chi connectivity index (χ0) is 24.4. The van der Waals surface area contributed by atoms with E-state index in [1.165, 1.54) is 36.4 Å². The van der Waals surface area contributed by atoms with Gasteiger partial charge in [0.25, 0.3) is 11.6 Å². The van der Waals surface area contributed by atoms with E-state index in [0.717, 1.165) is 30.6 Å². The highest BCUT2D eigenvalue weighted by Crippen LogP contribution is 2.34. The van der Waals surface area contributed by atoms with Gasteiger partial charge in [0.15, 0.2) is 0 Å². The SMILES string of the molecule is O=C(Nc1cccc2c1CCCN2Cc1nc(-c2ccc([N+](=O)[O-])cc2)no1)c1ccc(F)cc1. The number of fused-ring (bicyclic) bond motifs is 1. The van der Waals surface area contributed by atoms with E-state index >= 15 is 0 Å². The van der Waals surface area contributed by atoms with Gasteiger partial charge in [-0.1, -0.05) is 11.2 Å². The number of non-ortho nitro benzene ring substituents is 1. The minimum absolute atomic E-state index is 0.00952. The van der Waals surface area contributed by atoms with Crippen LogP contribution in [0.4, 0.5) is 21.5 Å². The Kier molecular flexibility index (Phi) is 5.92. The predicted molar refractivity (Wildman–Crippen MR) is 127 cm³/mol. The Labute approximate surface area is 199 Å². The van der Waals surface area contributed by atoms with Crippen LogP contribution in [-0.2, 0) is 13.0 Å². The van der Waals surface area contributed by atoms with Crippen molar-refractivity contribution < 1.29 is 18.6 Å². The van der Waals surface area contributed by atoms with Gasteiger partial charge in [0.2, 0.25) is 11.7 Å². The number of rotatable bonds is 6. The zero-order valence-electron chi connectivity index (χ0n) is 18.5. The number of carbonyl (C=O) groups excluding carboxylic acids is 1. The predicted octanol–water partition coefficient (Wildman–Crippen LogP) is 4.99. The summed E-state index contributed by atoms with van der Waals surface area (Å²) in [5, 5.41) is 17.8. The van der Waals surface area contributed by atoms with Gasteiger partial charge in [-0.2, -0.15) is 4.98 Å². The third kappa shape index (κ3) is 4.72. The monoisotopic (exact) mass is 473 g/mol. The van der Waals surface area contributed by atoms with E-state index in [1.807, 2.05) is 18.2 Å². The number of halogens is 1. The average Bonchev–Trinajstić information content (AvgIpc) is 3.33. The molecule has 0 aliphatic carbocycles. The molecule has 1 aromatic heterocycles. The fraction of sp³-hybridized carbons (Fsp3) is 0.160. The van der Waals surface area contributed by atoms with Gasteiger partial charge in [-0.3, -0.25) is 14.9 Å². The van der Waals surface area contributed by atoms with Crippen LogP contribution in [0.25, 0.3) is 11.4 Å². The molecule has 35 heavy (non-hydrogen) atoms. The number of nitrogens with one attached hydrogen (secondary N) is 1. The molecule has 4 aromatic rings. The first-order chi connectivity index (χ1) is 17.0. The molecule has 0 atom stereocenters. The smallest absolute Gasteiger partial charge is 0.269 e. The highest BCUT2D eigenvalue weighted by Gasteiger charge is 2.23. The molecule has 3 aromatic carbocycles. The van der Waals surface area contributed by atoms with Crippen molar-refractivity contribution >= 4 is 23.0 Å². The fourth-order valence-electron chi connectivity index (χ4n) is 4.11. The summed E-state index contributed by atoms with van der Waals surface area (Å²) in [7, 11) is 0. The highest BCUT2D eigenvalue weighted by atomic mass is 19.1. The molecular formula is C25H20FN5O4. The van der Waals surface area contributed by atoms with E-state index in [9.17, 15) is 19.3 Å². The zero-order valence-corrected chi connectivity index (χ0v) is 18.5. The number of carbonyl (C=O) groups is 1. The number of hydrogen-bond acceptors (Lipinski definition) is 7. The molecule has 9 nitrogen and oxygen atoms in total. The van der Waals surface area contributed by atoms with E-state index in [2.05, 4.69) is 20.4 Å². The van der Waals surface area contributed by atoms with Gasteiger partial charge < -0.3 is 14.7 Å². The summed E-state index contributed by atoms with van der Waals surface area (Å²) in [4.78, 5) is 29.6. The fourth-order valence-corrected chi connectivity index (χ4v) is 4.11. The minimum atomic E-state index is -0.463. The van der Waals surface area contributed by atoms with Gasteiger partial charge in [-0.05, 0) is 66.9 Å². The summed E-state index contributed by atoms with van der Waals surface area (Å²) in [6.07, 6.45) is 1.67. The first-order valence-corrected chi connectivity index (χ1v) is 11.0. The first kappa shape index (κ1) is 22.2. The second-order valence-electron chi connectivity index (χ2n) is 8.11. The maximum absolute atomic E-state index is 13.2. The molecule has 1 aliphatic heterocycles. The van der Waals surface area contributed by atoms with Crippen molar-refractivity contribution in [2.75, 3.05) is 16.8 Å². The summed E-state index contributed by atoms with van der Waals surface area (Å²) in [6.45, 7) is 1.15. The molecule has 176 valence electrons. The number of hydrogen-bond donors (Lipinski definition) is 1. The van der Waals surface area contributed by atoms with Crippen LogP contribution in [0.2, 0.25) is 0 Å². The Morgan fingerprint density at radius 3 is 2.63 bits per heavy atom. The molecule has 1 amide bonds. The van der Waals surface area contributed by atoms with Crippen LogP contribution in [0.1, 0.15) is 28.2 Å².